The van der Waals surface area contributed by atoms with Gasteiger partial charge in [-0.1, -0.05) is 18.2 Å². The zero-order valence-electron chi connectivity index (χ0n) is 12.9. The summed E-state index contributed by atoms with van der Waals surface area (Å²) < 4.78 is 11.0. The van der Waals surface area contributed by atoms with Crippen molar-refractivity contribution in [2.75, 3.05) is 6.54 Å². The molecule has 0 bridgehead atoms. The predicted octanol–water partition coefficient (Wildman–Crippen LogP) is 1.19. The number of rotatable bonds is 3. The fourth-order valence-electron chi connectivity index (χ4n) is 2.32. The number of nitrogens with zero attached hydrogens (tertiary/aromatic N) is 1. The zero-order chi connectivity index (χ0) is 16.3. The van der Waals surface area contributed by atoms with Crippen LogP contribution in [-0.2, 0) is 9.53 Å². The van der Waals surface area contributed by atoms with E-state index in [1.165, 1.54) is 0 Å². The molecule has 0 saturated carbocycles. The van der Waals surface area contributed by atoms with Crippen LogP contribution in [0.3, 0.4) is 0 Å². The Kier molecular flexibility index (Phi) is 4.59. The summed E-state index contributed by atoms with van der Waals surface area (Å²) in [6, 6.07) is 8.04. The van der Waals surface area contributed by atoms with Gasteiger partial charge in [-0.25, -0.2) is 4.79 Å². The Morgan fingerprint density at radius 1 is 1.23 bits per heavy atom. The Hall–Kier alpha value is -2.24. The van der Waals surface area contributed by atoms with Gasteiger partial charge in [-0.3, -0.25) is 4.90 Å². The molecule has 1 fully saturated rings. The number of carbonyl (C=O) groups excluding carboxylic acids is 2. The second-order valence-electron chi connectivity index (χ2n) is 6.26. The summed E-state index contributed by atoms with van der Waals surface area (Å²) in [4.78, 5) is 24.6. The van der Waals surface area contributed by atoms with Crippen molar-refractivity contribution in [1.82, 2.24) is 4.90 Å². The minimum Gasteiger partial charge on any atom is -0.548 e. The fourth-order valence-corrected chi connectivity index (χ4v) is 2.32. The molecule has 6 nitrogen and oxygen atoms in total. The van der Waals surface area contributed by atoms with Gasteiger partial charge in [0.1, 0.15) is 17.5 Å². The number of benzene rings is 1. The summed E-state index contributed by atoms with van der Waals surface area (Å²) in [5.74, 6) is -0.666. The molecule has 1 aromatic rings. The Labute approximate surface area is 129 Å². The van der Waals surface area contributed by atoms with Gasteiger partial charge in [-0.15, -0.1) is 0 Å². The molecule has 1 saturated heterocycles. The first kappa shape index (κ1) is 16.1. The number of carbonyl (C=O) groups is 2. The van der Waals surface area contributed by atoms with Crippen molar-refractivity contribution in [3.63, 3.8) is 0 Å². The normalized spacial score (nSPS) is 21.5. The van der Waals surface area contributed by atoms with Crippen molar-refractivity contribution in [2.45, 2.75) is 44.9 Å². The highest BCUT2D eigenvalue weighted by Crippen LogP contribution is 2.24. The first-order valence-corrected chi connectivity index (χ1v) is 7.18. The Morgan fingerprint density at radius 2 is 1.86 bits per heavy atom. The molecule has 0 aromatic heterocycles. The summed E-state index contributed by atoms with van der Waals surface area (Å²) in [7, 11) is 0. The quantitative estimate of drug-likeness (QED) is 0.838. The monoisotopic (exact) mass is 306 g/mol. The average molecular weight is 306 g/mol. The highest BCUT2D eigenvalue weighted by atomic mass is 16.6. The first-order chi connectivity index (χ1) is 10.3. The number of para-hydroxylation sites is 1. The minimum atomic E-state index is -1.30. The average Bonchev–Trinajstić information content (AvgIpc) is 2.82. The molecular formula is C16H20NO5-. The van der Waals surface area contributed by atoms with Crippen molar-refractivity contribution in [1.29, 1.82) is 0 Å². The van der Waals surface area contributed by atoms with Gasteiger partial charge in [0.05, 0.1) is 18.6 Å². The molecule has 6 heteroatoms. The smallest absolute Gasteiger partial charge is 0.410 e. The molecular weight excluding hydrogens is 286 g/mol. The van der Waals surface area contributed by atoms with Gasteiger partial charge < -0.3 is 19.4 Å². The van der Waals surface area contributed by atoms with Crippen molar-refractivity contribution < 1.29 is 24.2 Å². The van der Waals surface area contributed by atoms with E-state index in [2.05, 4.69) is 0 Å². The van der Waals surface area contributed by atoms with E-state index in [0.717, 1.165) is 4.90 Å². The van der Waals surface area contributed by atoms with E-state index in [1.807, 2.05) is 18.2 Å². The van der Waals surface area contributed by atoms with E-state index in [0.29, 0.717) is 5.75 Å². The maximum absolute atomic E-state index is 12.1. The molecule has 0 N–H and O–H groups in total. The van der Waals surface area contributed by atoms with E-state index >= 15 is 0 Å². The van der Waals surface area contributed by atoms with Gasteiger partial charge >= 0.3 is 6.09 Å². The van der Waals surface area contributed by atoms with Crippen molar-refractivity contribution in [3.8, 4) is 5.75 Å². The van der Waals surface area contributed by atoms with Crippen LogP contribution in [-0.4, -0.2) is 41.3 Å². The van der Waals surface area contributed by atoms with Gasteiger partial charge in [0.2, 0.25) is 0 Å². The summed E-state index contributed by atoms with van der Waals surface area (Å²) >= 11 is 0. The van der Waals surface area contributed by atoms with Crippen molar-refractivity contribution in [3.05, 3.63) is 30.3 Å². The topological polar surface area (TPSA) is 78.9 Å². The largest absolute Gasteiger partial charge is 0.548 e. The van der Waals surface area contributed by atoms with Crippen LogP contribution < -0.4 is 9.84 Å². The number of amides is 1. The maximum atomic E-state index is 12.1. The summed E-state index contributed by atoms with van der Waals surface area (Å²) in [5, 5.41) is 11.3. The number of hydrogen-bond acceptors (Lipinski definition) is 5. The number of likely N-dealkylation sites (tertiary alicyclic amines) is 1. The van der Waals surface area contributed by atoms with Gasteiger partial charge in [0, 0.05) is 6.42 Å². The molecule has 1 heterocycles. The van der Waals surface area contributed by atoms with Crippen molar-refractivity contribution >= 4 is 12.1 Å². The number of hydrogen-bond donors (Lipinski definition) is 0. The van der Waals surface area contributed by atoms with Crippen LogP contribution in [0, 0.1) is 0 Å². The molecule has 0 unspecified atom stereocenters. The van der Waals surface area contributed by atoms with Crippen LogP contribution in [0.4, 0.5) is 4.79 Å². The highest BCUT2D eigenvalue weighted by molar-refractivity contribution is 5.79. The molecule has 1 amide bonds. The third kappa shape index (κ3) is 4.13. The van der Waals surface area contributed by atoms with E-state index in [1.54, 1.807) is 32.9 Å². The standard InChI is InChI=1S/C16H21NO5/c1-16(2,3)22-15(20)17-10-12(9-13(17)14(18)19)21-11-7-5-4-6-8-11/h4-8,12-13H,9-10H2,1-3H3,(H,18,19)/p-1/t12-,13-/m1/s1. The third-order valence-electron chi connectivity index (χ3n) is 3.21. The number of aliphatic carboxylic acids is 1. The van der Waals surface area contributed by atoms with Crippen molar-refractivity contribution in [2.24, 2.45) is 0 Å². The highest BCUT2D eigenvalue weighted by Gasteiger charge is 2.39. The van der Waals surface area contributed by atoms with Crippen LogP contribution >= 0.6 is 0 Å². The lowest BCUT2D eigenvalue weighted by Crippen LogP contribution is -2.48. The van der Waals surface area contributed by atoms with Crippen LogP contribution in [0.25, 0.3) is 0 Å². The summed E-state index contributed by atoms with van der Waals surface area (Å²) in [6.45, 7) is 5.34. The summed E-state index contributed by atoms with van der Waals surface area (Å²) in [5.41, 5.74) is -0.689. The lowest BCUT2D eigenvalue weighted by molar-refractivity contribution is -0.310. The SMILES string of the molecule is CC(C)(C)OC(=O)N1C[C@H](Oc2ccccc2)C[C@@H]1C(=O)[O-]. The second-order valence-corrected chi connectivity index (χ2v) is 6.26. The van der Waals surface area contributed by atoms with Gasteiger partial charge in [-0.2, -0.15) is 0 Å². The van der Waals surface area contributed by atoms with Crippen LogP contribution in [0.5, 0.6) is 5.75 Å². The van der Waals surface area contributed by atoms with Gasteiger partial charge in [0.25, 0.3) is 0 Å². The number of carboxylic acids is 1. The fraction of sp³-hybridized carbons (Fsp3) is 0.500. The molecule has 0 aliphatic carbocycles. The molecule has 22 heavy (non-hydrogen) atoms. The van der Waals surface area contributed by atoms with Crippen LogP contribution in [0.2, 0.25) is 0 Å². The molecule has 0 spiro atoms. The Balaban J connectivity index is 2.06. The number of ether oxygens (including phenoxy) is 2. The Morgan fingerprint density at radius 3 is 2.41 bits per heavy atom. The lowest BCUT2D eigenvalue weighted by atomic mass is 10.2. The molecule has 1 aliphatic heterocycles. The molecule has 2 atom stereocenters. The predicted molar refractivity (Wildman–Crippen MR) is 77.2 cm³/mol. The molecule has 2 rings (SSSR count). The summed E-state index contributed by atoms with van der Waals surface area (Å²) in [6.07, 6.45) is -0.894. The van der Waals surface area contributed by atoms with E-state index in [4.69, 9.17) is 9.47 Å². The molecule has 1 aliphatic rings. The minimum absolute atomic E-state index is 0.155. The Bertz CT molecular complexity index is 537. The van der Waals surface area contributed by atoms with E-state index in [-0.39, 0.29) is 13.0 Å². The molecule has 0 radical (unpaired) electrons. The lowest BCUT2D eigenvalue weighted by Gasteiger charge is -2.28. The van der Waals surface area contributed by atoms with E-state index < -0.39 is 29.8 Å². The van der Waals surface area contributed by atoms with Gasteiger partial charge in [0.15, 0.2) is 0 Å². The van der Waals surface area contributed by atoms with Crippen LogP contribution in [0.15, 0.2) is 30.3 Å². The molecule has 1 aromatic carbocycles. The van der Waals surface area contributed by atoms with Crippen LogP contribution in [0.1, 0.15) is 27.2 Å². The van der Waals surface area contributed by atoms with Gasteiger partial charge in [-0.05, 0) is 32.9 Å². The number of carboxylic acid groups (broad SMARTS) is 1. The second kappa shape index (κ2) is 6.25. The zero-order valence-corrected chi connectivity index (χ0v) is 12.9. The maximum Gasteiger partial charge on any atom is 0.410 e. The first-order valence-electron chi connectivity index (χ1n) is 7.18. The van der Waals surface area contributed by atoms with E-state index in [9.17, 15) is 14.7 Å². The third-order valence-corrected chi connectivity index (χ3v) is 3.21. The molecule has 120 valence electrons.